The van der Waals surface area contributed by atoms with Crippen LogP contribution in [-0.2, 0) is 0 Å². The van der Waals surface area contributed by atoms with E-state index in [4.69, 9.17) is 0 Å². The van der Waals surface area contributed by atoms with Crippen LogP contribution < -0.4 is 0 Å². The van der Waals surface area contributed by atoms with Crippen LogP contribution in [0.1, 0.15) is 26.7 Å². The maximum Gasteiger partial charge on any atom is -0.0288 e. The quantitative estimate of drug-likeness (QED) is 0.506. The van der Waals surface area contributed by atoms with E-state index in [0.29, 0.717) is 0 Å². The van der Waals surface area contributed by atoms with Crippen molar-refractivity contribution in [2.45, 2.75) is 26.7 Å². The predicted octanol–water partition coefficient (Wildman–Crippen LogP) is 3.12. The lowest BCUT2D eigenvalue weighted by molar-refractivity contribution is 0.976. The van der Waals surface area contributed by atoms with E-state index >= 15 is 0 Å². The van der Waals surface area contributed by atoms with Gasteiger partial charge in [-0.1, -0.05) is 23.8 Å². The molecule has 0 saturated heterocycles. The second kappa shape index (κ2) is 5.61. The van der Waals surface area contributed by atoms with Gasteiger partial charge in [0.05, 0.1) is 0 Å². The van der Waals surface area contributed by atoms with Crippen molar-refractivity contribution >= 4 is 0 Å². The van der Waals surface area contributed by atoms with Gasteiger partial charge in [-0.15, -0.1) is 0 Å². The first-order valence-corrected chi connectivity index (χ1v) is 3.37. The Morgan fingerprint density at radius 1 is 1.56 bits per heavy atom. The minimum absolute atomic E-state index is 1.15. The fraction of sp³-hybridized carbons (Fsp3) is 0.444. The van der Waals surface area contributed by atoms with E-state index in [9.17, 15) is 0 Å². The Labute approximate surface area is 58.3 Å². The molecule has 0 bridgehead atoms. The Bertz CT molecular complexity index is 107. The Morgan fingerprint density at radius 2 is 2.22 bits per heavy atom. The fourth-order valence-corrected chi connectivity index (χ4v) is 0.580. The van der Waals surface area contributed by atoms with Gasteiger partial charge in [0, 0.05) is 0 Å². The second-order valence-electron chi connectivity index (χ2n) is 2.16. The SMILES string of the molecule is [CH2]/C=C(\C)CC/C=C/C. The molecule has 0 heteroatoms. The molecule has 9 heavy (non-hydrogen) atoms. The van der Waals surface area contributed by atoms with Crippen molar-refractivity contribution in [3.8, 4) is 0 Å². The molecule has 0 N–H and O–H groups in total. The Kier molecular flexibility index (Phi) is 5.29. The summed E-state index contributed by atoms with van der Waals surface area (Å²) >= 11 is 0. The van der Waals surface area contributed by atoms with E-state index in [2.05, 4.69) is 26.0 Å². The average Bonchev–Trinajstić information content (AvgIpc) is 1.89. The summed E-state index contributed by atoms with van der Waals surface area (Å²) in [5.74, 6) is 0. The highest BCUT2D eigenvalue weighted by molar-refractivity contribution is 5.00. The normalized spacial score (nSPS) is 13.0. The lowest BCUT2D eigenvalue weighted by atomic mass is 10.1. The van der Waals surface area contributed by atoms with Crippen LogP contribution in [0.15, 0.2) is 23.8 Å². The molecule has 0 aliphatic heterocycles. The van der Waals surface area contributed by atoms with Crippen molar-refractivity contribution in [3.63, 3.8) is 0 Å². The largest absolute Gasteiger partial charge is 0.0917 e. The van der Waals surface area contributed by atoms with Gasteiger partial charge in [0.1, 0.15) is 0 Å². The maximum absolute atomic E-state index is 3.68. The highest BCUT2D eigenvalue weighted by atomic mass is 13.9. The summed E-state index contributed by atoms with van der Waals surface area (Å²) in [7, 11) is 0. The van der Waals surface area contributed by atoms with E-state index in [1.54, 1.807) is 0 Å². The minimum Gasteiger partial charge on any atom is -0.0917 e. The molecule has 0 aliphatic carbocycles. The first-order valence-electron chi connectivity index (χ1n) is 3.37. The number of allylic oxidation sites excluding steroid dienone is 4. The molecule has 0 aromatic heterocycles. The van der Waals surface area contributed by atoms with Crippen LogP contribution in [0.4, 0.5) is 0 Å². The molecule has 0 heterocycles. The molecule has 0 nitrogen and oxygen atoms in total. The molecule has 0 spiro atoms. The summed E-state index contributed by atoms with van der Waals surface area (Å²) in [6, 6.07) is 0. The molecule has 0 unspecified atom stereocenters. The van der Waals surface area contributed by atoms with Gasteiger partial charge < -0.3 is 0 Å². The zero-order chi connectivity index (χ0) is 7.11. The molecule has 51 valence electrons. The van der Waals surface area contributed by atoms with Gasteiger partial charge in [-0.05, 0) is 33.6 Å². The molecule has 1 radical (unpaired) electrons. The molecule has 0 saturated carbocycles. The van der Waals surface area contributed by atoms with Crippen LogP contribution in [-0.4, -0.2) is 0 Å². The molecule has 0 aliphatic rings. The van der Waals surface area contributed by atoms with Gasteiger partial charge in [0.2, 0.25) is 0 Å². The Morgan fingerprint density at radius 3 is 2.67 bits per heavy atom. The highest BCUT2D eigenvalue weighted by Gasteiger charge is 1.82. The van der Waals surface area contributed by atoms with Gasteiger partial charge in [-0.3, -0.25) is 0 Å². The monoisotopic (exact) mass is 123 g/mol. The minimum atomic E-state index is 1.15. The van der Waals surface area contributed by atoms with E-state index in [0.717, 1.165) is 12.8 Å². The first kappa shape index (κ1) is 8.48. The van der Waals surface area contributed by atoms with Gasteiger partial charge >= 0.3 is 0 Å². The van der Waals surface area contributed by atoms with Crippen molar-refractivity contribution in [1.82, 2.24) is 0 Å². The summed E-state index contributed by atoms with van der Waals surface area (Å²) in [6.45, 7) is 7.83. The summed E-state index contributed by atoms with van der Waals surface area (Å²) in [5, 5.41) is 0. The van der Waals surface area contributed by atoms with E-state index < -0.39 is 0 Å². The number of hydrogen-bond acceptors (Lipinski definition) is 0. The van der Waals surface area contributed by atoms with Crippen LogP contribution in [0.3, 0.4) is 0 Å². The molecule has 0 fully saturated rings. The third-order valence-electron chi connectivity index (χ3n) is 1.29. The van der Waals surface area contributed by atoms with Crippen LogP contribution in [0.2, 0.25) is 0 Å². The zero-order valence-corrected chi connectivity index (χ0v) is 6.35. The van der Waals surface area contributed by atoms with E-state index in [-0.39, 0.29) is 0 Å². The predicted molar refractivity (Wildman–Crippen MR) is 43.2 cm³/mol. The Balaban J connectivity index is 3.28. The van der Waals surface area contributed by atoms with E-state index in [1.165, 1.54) is 5.57 Å². The van der Waals surface area contributed by atoms with Gasteiger partial charge in [-0.2, -0.15) is 0 Å². The second-order valence-corrected chi connectivity index (χ2v) is 2.16. The van der Waals surface area contributed by atoms with Gasteiger partial charge in [-0.25, -0.2) is 0 Å². The van der Waals surface area contributed by atoms with Crippen LogP contribution in [0, 0.1) is 6.92 Å². The first-order chi connectivity index (χ1) is 4.31. The molecule has 0 aromatic rings. The lowest BCUT2D eigenvalue weighted by Crippen LogP contribution is -1.72. The number of hydrogen-bond donors (Lipinski definition) is 0. The summed E-state index contributed by atoms with van der Waals surface area (Å²) in [5.41, 5.74) is 1.37. The van der Waals surface area contributed by atoms with E-state index in [1.807, 2.05) is 13.0 Å². The lowest BCUT2D eigenvalue weighted by Gasteiger charge is -1.92. The average molecular weight is 123 g/mol. The van der Waals surface area contributed by atoms with Crippen LogP contribution in [0.25, 0.3) is 0 Å². The molecule has 0 aromatic carbocycles. The molecule has 0 amide bonds. The van der Waals surface area contributed by atoms with Gasteiger partial charge in [0.25, 0.3) is 0 Å². The summed E-state index contributed by atoms with van der Waals surface area (Å²) in [4.78, 5) is 0. The zero-order valence-electron chi connectivity index (χ0n) is 6.35. The third kappa shape index (κ3) is 5.35. The van der Waals surface area contributed by atoms with Gasteiger partial charge in [0.15, 0.2) is 0 Å². The molecular formula is C9H15. The van der Waals surface area contributed by atoms with Crippen molar-refractivity contribution in [2.75, 3.05) is 0 Å². The van der Waals surface area contributed by atoms with Crippen LogP contribution >= 0.6 is 0 Å². The van der Waals surface area contributed by atoms with Crippen molar-refractivity contribution in [1.29, 1.82) is 0 Å². The molecule has 0 rings (SSSR count). The highest BCUT2D eigenvalue weighted by Crippen LogP contribution is 2.02. The smallest absolute Gasteiger partial charge is 0.0288 e. The summed E-state index contributed by atoms with van der Waals surface area (Å²) < 4.78 is 0. The van der Waals surface area contributed by atoms with Crippen molar-refractivity contribution < 1.29 is 0 Å². The van der Waals surface area contributed by atoms with Crippen molar-refractivity contribution in [2.24, 2.45) is 0 Å². The standard InChI is InChI=1S/C9H15/c1-4-6-7-8-9(3)5-2/h4-6H,2,7-8H2,1,3H3/b6-4+,9-5+. The third-order valence-corrected chi connectivity index (χ3v) is 1.29. The topological polar surface area (TPSA) is 0 Å². The van der Waals surface area contributed by atoms with Crippen LogP contribution in [0.5, 0.6) is 0 Å². The molecule has 0 atom stereocenters. The Hall–Kier alpha value is -0.520. The number of rotatable bonds is 3. The molecular weight excluding hydrogens is 108 g/mol. The summed E-state index contributed by atoms with van der Waals surface area (Å²) in [6.07, 6.45) is 8.47. The van der Waals surface area contributed by atoms with Crippen molar-refractivity contribution in [3.05, 3.63) is 30.7 Å². The maximum atomic E-state index is 3.68. The fourth-order valence-electron chi connectivity index (χ4n) is 0.580.